The predicted molar refractivity (Wildman–Crippen MR) is 72.0 cm³/mol. The van der Waals surface area contributed by atoms with E-state index < -0.39 is 0 Å². The molecule has 1 atom stereocenters. The highest BCUT2D eigenvalue weighted by atomic mass is 16.2. The molecule has 0 aromatic rings. The fourth-order valence-electron chi connectivity index (χ4n) is 2.37. The number of hydrogen-bond acceptors (Lipinski definition) is 2. The molecule has 1 N–H and O–H groups in total. The minimum absolute atomic E-state index is 0.342. The lowest BCUT2D eigenvalue weighted by Gasteiger charge is -2.32. The van der Waals surface area contributed by atoms with Crippen molar-refractivity contribution in [3.8, 4) is 0 Å². The van der Waals surface area contributed by atoms with Crippen LogP contribution in [0.5, 0.6) is 0 Å². The van der Waals surface area contributed by atoms with E-state index >= 15 is 0 Å². The van der Waals surface area contributed by atoms with Crippen LogP contribution in [-0.2, 0) is 4.79 Å². The molecule has 3 nitrogen and oxygen atoms in total. The Bertz CT molecular complexity index is 245. The summed E-state index contributed by atoms with van der Waals surface area (Å²) in [6, 6.07) is 0.496. The lowest BCUT2D eigenvalue weighted by atomic mass is 9.89. The van der Waals surface area contributed by atoms with Gasteiger partial charge in [0.1, 0.15) is 0 Å². The van der Waals surface area contributed by atoms with Crippen LogP contribution in [0.3, 0.4) is 0 Å². The summed E-state index contributed by atoms with van der Waals surface area (Å²) in [7, 11) is 1.98. The highest BCUT2D eigenvalue weighted by Crippen LogP contribution is 2.22. The third kappa shape index (κ3) is 5.53. The third-order valence-electron chi connectivity index (χ3n) is 3.50. The second-order valence-corrected chi connectivity index (χ2v) is 6.38. The zero-order valence-electron chi connectivity index (χ0n) is 11.9. The molecular formula is C14H28N2O. The standard InChI is InChI=1S/C14H28N2O/c1-14(2,3)9-5-8-13(17)16-10-6-7-12(11-16)15-4/h12,15H,5-11H2,1-4H3. The van der Waals surface area contributed by atoms with Crippen LogP contribution in [0.4, 0.5) is 0 Å². The van der Waals surface area contributed by atoms with Gasteiger partial charge in [-0.05, 0) is 38.1 Å². The summed E-state index contributed by atoms with van der Waals surface area (Å²) >= 11 is 0. The molecule has 1 amide bonds. The second-order valence-electron chi connectivity index (χ2n) is 6.38. The summed E-state index contributed by atoms with van der Waals surface area (Å²) in [5.74, 6) is 0.342. The molecule has 1 heterocycles. The van der Waals surface area contributed by atoms with E-state index in [2.05, 4.69) is 26.1 Å². The molecule has 1 fully saturated rings. The molecule has 3 heteroatoms. The lowest BCUT2D eigenvalue weighted by molar-refractivity contribution is -0.132. The minimum atomic E-state index is 0.342. The Balaban J connectivity index is 2.27. The van der Waals surface area contributed by atoms with E-state index in [1.54, 1.807) is 0 Å². The van der Waals surface area contributed by atoms with Crippen LogP contribution in [0.1, 0.15) is 52.9 Å². The fourth-order valence-corrected chi connectivity index (χ4v) is 2.37. The molecule has 0 saturated carbocycles. The average Bonchev–Trinajstić information content (AvgIpc) is 2.27. The number of nitrogens with zero attached hydrogens (tertiary/aromatic N) is 1. The Morgan fingerprint density at radius 2 is 2.12 bits per heavy atom. The van der Waals surface area contributed by atoms with Gasteiger partial charge in [0.05, 0.1) is 0 Å². The van der Waals surface area contributed by atoms with Crippen molar-refractivity contribution in [1.82, 2.24) is 10.2 Å². The largest absolute Gasteiger partial charge is 0.341 e. The van der Waals surface area contributed by atoms with Crippen LogP contribution in [0.15, 0.2) is 0 Å². The summed E-state index contributed by atoms with van der Waals surface area (Å²) in [5.41, 5.74) is 0.343. The topological polar surface area (TPSA) is 32.3 Å². The molecule has 1 unspecified atom stereocenters. The van der Waals surface area contributed by atoms with Gasteiger partial charge in [-0.3, -0.25) is 4.79 Å². The van der Waals surface area contributed by atoms with Gasteiger partial charge in [-0.2, -0.15) is 0 Å². The van der Waals surface area contributed by atoms with Crippen molar-refractivity contribution >= 4 is 5.91 Å². The van der Waals surface area contributed by atoms with Crippen LogP contribution >= 0.6 is 0 Å². The van der Waals surface area contributed by atoms with E-state index in [4.69, 9.17) is 0 Å². The Labute approximate surface area is 106 Å². The molecule has 100 valence electrons. The Morgan fingerprint density at radius 3 is 2.71 bits per heavy atom. The van der Waals surface area contributed by atoms with Gasteiger partial charge in [0.15, 0.2) is 0 Å². The molecule has 0 aliphatic carbocycles. The molecule has 1 aliphatic heterocycles. The number of likely N-dealkylation sites (tertiary alicyclic amines) is 1. The third-order valence-corrected chi connectivity index (χ3v) is 3.50. The SMILES string of the molecule is CNC1CCCN(C(=O)CCCC(C)(C)C)C1. The zero-order valence-corrected chi connectivity index (χ0v) is 11.9. The molecule has 0 bridgehead atoms. The first-order chi connectivity index (χ1) is 7.92. The highest BCUT2D eigenvalue weighted by molar-refractivity contribution is 5.76. The second kappa shape index (κ2) is 6.39. The van der Waals surface area contributed by atoms with Gasteiger partial charge >= 0.3 is 0 Å². The smallest absolute Gasteiger partial charge is 0.222 e. The Morgan fingerprint density at radius 1 is 1.41 bits per heavy atom. The first kappa shape index (κ1) is 14.5. The Hall–Kier alpha value is -0.570. The molecule has 1 rings (SSSR count). The summed E-state index contributed by atoms with van der Waals surface area (Å²) in [5, 5.41) is 3.28. The van der Waals surface area contributed by atoms with Crippen molar-refractivity contribution in [2.24, 2.45) is 5.41 Å². The van der Waals surface area contributed by atoms with E-state index in [0.717, 1.165) is 32.4 Å². The van der Waals surface area contributed by atoms with Gasteiger partial charge in [0.25, 0.3) is 0 Å². The molecular weight excluding hydrogens is 212 g/mol. The van der Waals surface area contributed by atoms with E-state index in [0.29, 0.717) is 23.8 Å². The van der Waals surface area contributed by atoms with Crippen molar-refractivity contribution in [2.75, 3.05) is 20.1 Å². The number of rotatable bonds is 4. The van der Waals surface area contributed by atoms with Gasteiger partial charge in [0.2, 0.25) is 5.91 Å². The summed E-state index contributed by atoms with van der Waals surface area (Å²) < 4.78 is 0. The molecule has 0 radical (unpaired) electrons. The first-order valence-corrected chi connectivity index (χ1v) is 6.87. The number of carbonyl (C=O) groups is 1. The van der Waals surface area contributed by atoms with E-state index in [1.165, 1.54) is 6.42 Å². The molecule has 17 heavy (non-hydrogen) atoms. The minimum Gasteiger partial charge on any atom is -0.341 e. The maximum Gasteiger partial charge on any atom is 0.222 e. The first-order valence-electron chi connectivity index (χ1n) is 6.87. The number of nitrogens with one attached hydrogen (secondary N) is 1. The van der Waals surface area contributed by atoms with Crippen LogP contribution < -0.4 is 5.32 Å². The predicted octanol–water partition coefficient (Wildman–Crippen LogP) is 2.41. The van der Waals surface area contributed by atoms with Gasteiger partial charge < -0.3 is 10.2 Å². The van der Waals surface area contributed by atoms with E-state index in [-0.39, 0.29) is 0 Å². The van der Waals surface area contributed by atoms with Crippen LogP contribution in [0.2, 0.25) is 0 Å². The molecule has 0 aromatic heterocycles. The Kier molecular flexibility index (Phi) is 5.44. The summed E-state index contributed by atoms with van der Waals surface area (Å²) in [6.07, 6.45) is 5.19. The van der Waals surface area contributed by atoms with Gasteiger partial charge in [-0.25, -0.2) is 0 Å². The van der Waals surface area contributed by atoms with Crippen molar-refractivity contribution < 1.29 is 4.79 Å². The number of hydrogen-bond donors (Lipinski definition) is 1. The maximum atomic E-state index is 12.0. The van der Waals surface area contributed by atoms with Crippen LogP contribution in [0.25, 0.3) is 0 Å². The molecule has 1 aliphatic rings. The van der Waals surface area contributed by atoms with Gasteiger partial charge in [-0.15, -0.1) is 0 Å². The number of carbonyl (C=O) groups excluding carboxylic acids is 1. The number of amides is 1. The van der Waals surface area contributed by atoms with Crippen molar-refractivity contribution in [3.63, 3.8) is 0 Å². The van der Waals surface area contributed by atoms with Crippen molar-refractivity contribution in [1.29, 1.82) is 0 Å². The normalized spacial score (nSPS) is 21.6. The molecule has 0 spiro atoms. The summed E-state index contributed by atoms with van der Waals surface area (Å²) in [6.45, 7) is 8.54. The highest BCUT2D eigenvalue weighted by Gasteiger charge is 2.22. The van der Waals surface area contributed by atoms with Gasteiger partial charge in [-0.1, -0.05) is 20.8 Å². The van der Waals surface area contributed by atoms with Crippen LogP contribution in [-0.4, -0.2) is 37.0 Å². The zero-order chi connectivity index (χ0) is 12.9. The van der Waals surface area contributed by atoms with Crippen molar-refractivity contribution in [2.45, 2.75) is 58.9 Å². The maximum absolute atomic E-state index is 12.0. The quantitative estimate of drug-likeness (QED) is 0.818. The number of likely N-dealkylation sites (N-methyl/N-ethyl adjacent to an activating group) is 1. The van der Waals surface area contributed by atoms with Crippen molar-refractivity contribution in [3.05, 3.63) is 0 Å². The number of piperidine rings is 1. The average molecular weight is 240 g/mol. The van der Waals surface area contributed by atoms with Crippen LogP contribution in [0, 0.1) is 5.41 Å². The molecule has 0 aromatic carbocycles. The van der Waals surface area contributed by atoms with Gasteiger partial charge in [0, 0.05) is 25.6 Å². The lowest BCUT2D eigenvalue weighted by Crippen LogP contribution is -2.46. The van der Waals surface area contributed by atoms with E-state index in [1.807, 2.05) is 11.9 Å². The monoisotopic (exact) mass is 240 g/mol. The van der Waals surface area contributed by atoms with E-state index in [9.17, 15) is 4.79 Å². The fraction of sp³-hybridized carbons (Fsp3) is 0.929. The molecule has 1 saturated heterocycles. The summed E-state index contributed by atoms with van der Waals surface area (Å²) in [4.78, 5) is 14.1.